The number of carbonyl (C=O) groups is 2. The van der Waals surface area contributed by atoms with Crippen molar-refractivity contribution in [3.8, 4) is 5.75 Å². The third kappa shape index (κ3) is 7.96. The first-order valence-corrected chi connectivity index (χ1v) is 16.5. The van der Waals surface area contributed by atoms with Crippen molar-refractivity contribution >= 4 is 27.5 Å². The van der Waals surface area contributed by atoms with Crippen LogP contribution in [0.5, 0.6) is 5.75 Å². The molecule has 1 fully saturated rings. The molecule has 1 N–H and O–H groups in total. The Kier molecular flexibility index (Phi) is 10.9. The topological polar surface area (TPSA) is 96.0 Å². The summed E-state index contributed by atoms with van der Waals surface area (Å²) in [6.45, 7) is 5.37. The summed E-state index contributed by atoms with van der Waals surface area (Å²) >= 11 is 0. The Hall–Kier alpha value is -3.85. The van der Waals surface area contributed by atoms with Gasteiger partial charge in [0.15, 0.2) is 0 Å². The predicted octanol–water partition coefficient (Wildman–Crippen LogP) is 5.76. The molecule has 0 bridgehead atoms. The maximum absolute atomic E-state index is 14.4. The number of benzene rings is 3. The summed E-state index contributed by atoms with van der Waals surface area (Å²) in [5.41, 5.74) is 2.96. The monoisotopic (exact) mass is 605 g/mol. The van der Waals surface area contributed by atoms with E-state index in [2.05, 4.69) is 5.32 Å². The number of ether oxygens (including phenoxy) is 1. The van der Waals surface area contributed by atoms with Gasteiger partial charge < -0.3 is 15.0 Å². The smallest absolute Gasteiger partial charge is 0.264 e. The van der Waals surface area contributed by atoms with E-state index in [-0.39, 0.29) is 29.1 Å². The minimum Gasteiger partial charge on any atom is -0.495 e. The quantitative estimate of drug-likeness (QED) is 0.283. The maximum Gasteiger partial charge on any atom is 0.264 e. The number of rotatable bonds is 12. The van der Waals surface area contributed by atoms with E-state index in [0.29, 0.717) is 12.2 Å². The van der Waals surface area contributed by atoms with Crippen molar-refractivity contribution in [2.75, 3.05) is 18.0 Å². The van der Waals surface area contributed by atoms with E-state index >= 15 is 0 Å². The van der Waals surface area contributed by atoms with E-state index in [1.807, 2.05) is 51.1 Å². The van der Waals surface area contributed by atoms with Gasteiger partial charge in [-0.15, -0.1) is 0 Å². The normalized spacial score (nSPS) is 14.5. The summed E-state index contributed by atoms with van der Waals surface area (Å²) < 4.78 is 34.9. The number of sulfonamides is 1. The van der Waals surface area contributed by atoms with Gasteiger partial charge in [0.05, 0.1) is 17.7 Å². The highest BCUT2D eigenvalue weighted by Gasteiger charge is 2.35. The molecule has 8 nitrogen and oxygen atoms in total. The molecule has 1 atom stereocenters. The van der Waals surface area contributed by atoms with Crippen LogP contribution < -0.4 is 14.4 Å². The Morgan fingerprint density at radius 2 is 1.63 bits per heavy atom. The summed E-state index contributed by atoms with van der Waals surface area (Å²) in [6.07, 6.45) is 5.52. The van der Waals surface area contributed by atoms with Gasteiger partial charge in [0.2, 0.25) is 11.8 Å². The number of amides is 2. The Morgan fingerprint density at radius 3 is 2.28 bits per heavy atom. The summed E-state index contributed by atoms with van der Waals surface area (Å²) in [7, 11) is -2.71. The van der Waals surface area contributed by atoms with Crippen LogP contribution in [0.2, 0.25) is 0 Å². The van der Waals surface area contributed by atoms with Crippen molar-refractivity contribution in [2.24, 2.45) is 0 Å². The molecule has 4 rings (SSSR count). The zero-order chi connectivity index (χ0) is 31.0. The highest BCUT2D eigenvalue weighted by atomic mass is 32.2. The molecule has 43 heavy (non-hydrogen) atoms. The summed E-state index contributed by atoms with van der Waals surface area (Å²) in [4.78, 5) is 29.7. The molecule has 2 amide bonds. The van der Waals surface area contributed by atoms with Crippen LogP contribution in [0.4, 0.5) is 5.69 Å². The van der Waals surface area contributed by atoms with Crippen molar-refractivity contribution < 1.29 is 22.7 Å². The molecule has 0 unspecified atom stereocenters. The summed E-state index contributed by atoms with van der Waals surface area (Å²) in [5, 5.41) is 3.18. The molecule has 9 heteroatoms. The van der Waals surface area contributed by atoms with Gasteiger partial charge >= 0.3 is 0 Å². The van der Waals surface area contributed by atoms with E-state index in [4.69, 9.17) is 4.74 Å². The lowest BCUT2D eigenvalue weighted by Gasteiger charge is -2.34. The Morgan fingerprint density at radius 1 is 0.930 bits per heavy atom. The number of nitrogens with zero attached hydrogens (tertiary/aromatic N) is 2. The van der Waals surface area contributed by atoms with Crippen LogP contribution in [0.3, 0.4) is 0 Å². The third-order valence-corrected chi connectivity index (χ3v) is 9.76. The first-order chi connectivity index (χ1) is 20.6. The van der Waals surface area contributed by atoms with E-state index in [9.17, 15) is 18.0 Å². The molecular weight excluding hydrogens is 562 g/mol. The van der Waals surface area contributed by atoms with E-state index in [1.54, 1.807) is 30.3 Å². The lowest BCUT2D eigenvalue weighted by molar-refractivity contribution is -0.140. The van der Waals surface area contributed by atoms with Gasteiger partial charge in [-0.1, -0.05) is 80.3 Å². The zero-order valence-electron chi connectivity index (χ0n) is 25.6. The average Bonchev–Trinajstić information content (AvgIpc) is 3.00. The number of methoxy groups -OCH3 is 1. The second-order valence-corrected chi connectivity index (χ2v) is 13.1. The molecule has 1 aliphatic rings. The Bertz CT molecular complexity index is 1500. The zero-order valence-corrected chi connectivity index (χ0v) is 26.4. The first kappa shape index (κ1) is 32.1. The van der Waals surface area contributed by atoms with Crippen molar-refractivity contribution in [1.29, 1.82) is 0 Å². The molecule has 3 aromatic carbocycles. The van der Waals surface area contributed by atoms with Crippen LogP contribution in [-0.4, -0.2) is 50.9 Å². The largest absolute Gasteiger partial charge is 0.495 e. The molecule has 230 valence electrons. The predicted molar refractivity (Wildman–Crippen MR) is 170 cm³/mol. The van der Waals surface area contributed by atoms with Crippen molar-refractivity contribution in [1.82, 2.24) is 10.2 Å². The van der Waals surface area contributed by atoms with E-state index < -0.39 is 28.5 Å². The van der Waals surface area contributed by atoms with Gasteiger partial charge in [0, 0.05) is 12.6 Å². The molecule has 0 saturated heterocycles. The van der Waals surface area contributed by atoms with Crippen LogP contribution >= 0.6 is 0 Å². The summed E-state index contributed by atoms with van der Waals surface area (Å²) in [5.74, 6) is -0.360. The second kappa shape index (κ2) is 14.6. The van der Waals surface area contributed by atoms with Gasteiger partial charge in [-0.05, 0) is 68.5 Å². The molecule has 0 aliphatic heterocycles. The van der Waals surface area contributed by atoms with Gasteiger partial charge in [-0.25, -0.2) is 8.42 Å². The second-order valence-electron chi connectivity index (χ2n) is 11.3. The minimum atomic E-state index is -4.18. The number of hydrogen-bond donors (Lipinski definition) is 1. The van der Waals surface area contributed by atoms with Gasteiger partial charge in [0.1, 0.15) is 18.3 Å². The molecule has 1 aliphatic carbocycles. The number of nitrogens with one attached hydrogen (secondary N) is 1. The van der Waals surface area contributed by atoms with Crippen LogP contribution in [0.15, 0.2) is 77.7 Å². The molecule has 0 spiro atoms. The standard InChI is InChI=1S/C34H43N3O5S/c1-5-30(34(39)35-28-15-8-6-9-16-28)36(23-27-14-12-13-25(2)21-27)33(38)24-37(31-22-26(3)19-20-32(31)42-4)43(40,41)29-17-10-7-11-18-29/h7,10-14,17-22,28,30H,5-6,8-9,15-16,23-24H2,1-4H3,(H,35,39)/t30-/m0/s1. The lowest BCUT2D eigenvalue weighted by Crippen LogP contribution is -2.54. The number of aryl methyl sites for hydroxylation is 2. The number of hydrogen-bond acceptors (Lipinski definition) is 5. The third-order valence-electron chi connectivity index (χ3n) is 7.99. The lowest BCUT2D eigenvalue weighted by atomic mass is 9.95. The fraction of sp³-hybridized carbons (Fsp3) is 0.412. The van der Waals surface area contributed by atoms with Crippen LogP contribution in [0.25, 0.3) is 0 Å². The highest BCUT2D eigenvalue weighted by Crippen LogP contribution is 2.34. The Labute approximate surface area is 256 Å². The van der Waals surface area contributed by atoms with Crippen molar-refractivity contribution in [3.63, 3.8) is 0 Å². The van der Waals surface area contributed by atoms with Gasteiger partial charge in [-0.2, -0.15) is 0 Å². The molecule has 0 aromatic heterocycles. The molecular formula is C34H43N3O5S. The van der Waals surface area contributed by atoms with Crippen molar-refractivity contribution in [3.05, 3.63) is 89.5 Å². The summed E-state index contributed by atoms with van der Waals surface area (Å²) in [6, 6.07) is 20.4. The molecule has 1 saturated carbocycles. The van der Waals surface area contributed by atoms with Gasteiger partial charge in [0.25, 0.3) is 10.0 Å². The van der Waals surface area contributed by atoms with Crippen LogP contribution in [0.1, 0.15) is 62.1 Å². The SMILES string of the molecule is CC[C@@H](C(=O)NC1CCCCC1)N(Cc1cccc(C)c1)C(=O)CN(c1cc(C)ccc1OC)S(=O)(=O)c1ccccc1. The minimum absolute atomic E-state index is 0.0543. The number of anilines is 1. The molecule has 0 radical (unpaired) electrons. The first-order valence-electron chi connectivity index (χ1n) is 15.0. The average molecular weight is 606 g/mol. The van der Waals surface area contributed by atoms with Crippen LogP contribution in [0, 0.1) is 13.8 Å². The van der Waals surface area contributed by atoms with E-state index in [0.717, 1.165) is 53.1 Å². The fourth-order valence-electron chi connectivity index (χ4n) is 5.70. The Balaban J connectivity index is 1.75. The highest BCUT2D eigenvalue weighted by molar-refractivity contribution is 7.92. The van der Waals surface area contributed by atoms with Crippen LogP contribution in [-0.2, 0) is 26.2 Å². The fourth-order valence-corrected chi connectivity index (χ4v) is 7.14. The number of carbonyl (C=O) groups excluding carboxylic acids is 2. The molecule has 0 heterocycles. The molecule has 3 aromatic rings. The van der Waals surface area contributed by atoms with E-state index in [1.165, 1.54) is 24.1 Å². The van der Waals surface area contributed by atoms with Crippen molar-refractivity contribution in [2.45, 2.75) is 82.8 Å². The maximum atomic E-state index is 14.4. The van der Waals surface area contributed by atoms with Gasteiger partial charge in [-0.3, -0.25) is 13.9 Å².